The van der Waals surface area contributed by atoms with Crippen molar-refractivity contribution in [3.05, 3.63) is 28.2 Å². The van der Waals surface area contributed by atoms with E-state index in [9.17, 15) is 0 Å². The van der Waals surface area contributed by atoms with Crippen molar-refractivity contribution >= 4 is 29.2 Å². The summed E-state index contributed by atoms with van der Waals surface area (Å²) in [4.78, 5) is 0. The van der Waals surface area contributed by atoms with E-state index in [4.69, 9.17) is 4.74 Å². The van der Waals surface area contributed by atoms with Gasteiger partial charge in [0.1, 0.15) is 0 Å². The molecule has 1 rings (SSSR count). The number of hydrogen-bond donors (Lipinski definition) is 0. The van der Waals surface area contributed by atoms with Crippen LogP contribution in [0.2, 0.25) is 14.8 Å². The molecule has 1 nitrogen and oxygen atoms in total. The Balaban J connectivity index is 2.96. The molecule has 0 saturated carbocycles. The molecule has 0 amide bonds. The Hall–Kier alpha value is 0.0429. The molecule has 0 aliphatic rings. The molecule has 1 aromatic carbocycles. The third kappa shape index (κ3) is 4.53. The number of hydrogen-bond acceptors (Lipinski definition) is 1. The van der Waals surface area contributed by atoms with Gasteiger partial charge in [-0.25, -0.2) is 0 Å². The van der Waals surface area contributed by atoms with Crippen molar-refractivity contribution in [3.63, 3.8) is 0 Å². The Kier molecular flexibility index (Phi) is 7.07. The molecule has 0 N–H and O–H groups in total. The van der Waals surface area contributed by atoms with Gasteiger partial charge in [-0.1, -0.05) is 0 Å². The van der Waals surface area contributed by atoms with Crippen LogP contribution in [-0.4, -0.2) is 18.7 Å². The molecule has 0 spiro atoms. The molecule has 0 saturated heterocycles. The fraction of sp³-hybridized carbons (Fsp3) is 0.684. The second kappa shape index (κ2) is 7.74. The van der Waals surface area contributed by atoms with Crippen molar-refractivity contribution in [3.8, 4) is 5.75 Å². The standard InChI is InChI=1S/C19H33BrGeO/c1-9-21(14(2)3,15(4)5)13-22-18-11-10-16(12-17(18)20)19(6,7)8/h10-12,14-15H,9,13H2,1-8H3. The van der Waals surface area contributed by atoms with Crippen LogP contribution >= 0.6 is 15.9 Å². The van der Waals surface area contributed by atoms with E-state index in [2.05, 4.69) is 89.5 Å². The number of halogens is 1. The monoisotopic (exact) mass is 430 g/mol. The first-order valence-corrected chi connectivity index (χ1v) is 14.7. The predicted octanol–water partition coefficient (Wildman–Crippen LogP) is 6.95. The van der Waals surface area contributed by atoms with E-state index in [0.717, 1.165) is 25.2 Å². The quantitative estimate of drug-likeness (QED) is 0.444. The van der Waals surface area contributed by atoms with Crippen molar-refractivity contribution in [2.24, 2.45) is 0 Å². The average molecular weight is 430 g/mol. The average Bonchev–Trinajstić information content (AvgIpc) is 2.39. The van der Waals surface area contributed by atoms with Gasteiger partial charge in [0.15, 0.2) is 0 Å². The Morgan fingerprint density at radius 3 is 2.00 bits per heavy atom. The molecular formula is C19H33BrGeO. The molecular weight excluding hydrogens is 397 g/mol. The fourth-order valence-corrected chi connectivity index (χ4v) is 12.6. The summed E-state index contributed by atoms with van der Waals surface area (Å²) in [7, 11) is 0. The molecule has 0 radical (unpaired) electrons. The van der Waals surface area contributed by atoms with Crippen LogP contribution in [0, 0.1) is 0 Å². The van der Waals surface area contributed by atoms with E-state index in [1.165, 1.54) is 10.8 Å². The van der Waals surface area contributed by atoms with Crippen molar-refractivity contribution in [2.75, 3.05) is 5.44 Å². The zero-order chi connectivity index (χ0) is 17.1. The Morgan fingerprint density at radius 2 is 1.64 bits per heavy atom. The summed E-state index contributed by atoms with van der Waals surface area (Å²) in [5.41, 5.74) is 2.46. The first kappa shape index (κ1) is 20.1. The van der Waals surface area contributed by atoms with Gasteiger partial charge >= 0.3 is 149 Å². The normalized spacial score (nSPS) is 13.0. The van der Waals surface area contributed by atoms with Gasteiger partial charge in [-0.15, -0.1) is 0 Å². The van der Waals surface area contributed by atoms with Gasteiger partial charge in [-0.3, -0.25) is 0 Å². The first-order valence-electron chi connectivity index (χ1n) is 8.47. The molecule has 126 valence electrons. The van der Waals surface area contributed by atoms with Gasteiger partial charge < -0.3 is 0 Å². The van der Waals surface area contributed by atoms with Crippen molar-refractivity contribution in [1.82, 2.24) is 0 Å². The molecule has 0 heterocycles. The summed E-state index contributed by atoms with van der Waals surface area (Å²) >= 11 is 1.70. The van der Waals surface area contributed by atoms with Crippen molar-refractivity contribution < 1.29 is 4.74 Å². The summed E-state index contributed by atoms with van der Waals surface area (Å²) < 4.78 is 8.98. The molecule has 3 heteroatoms. The second-order valence-corrected chi connectivity index (χ2v) is 21.0. The van der Waals surface area contributed by atoms with Crippen LogP contribution in [0.1, 0.15) is 61.0 Å². The van der Waals surface area contributed by atoms with Gasteiger partial charge in [0.05, 0.1) is 0 Å². The van der Waals surface area contributed by atoms with E-state index >= 15 is 0 Å². The fourth-order valence-electron chi connectivity index (χ4n) is 3.22. The van der Waals surface area contributed by atoms with Gasteiger partial charge in [0.25, 0.3) is 0 Å². The number of benzene rings is 1. The Labute approximate surface area is 148 Å². The third-order valence-corrected chi connectivity index (χ3v) is 19.7. The first-order chi connectivity index (χ1) is 10.0. The van der Waals surface area contributed by atoms with E-state index in [0.29, 0.717) is 0 Å². The summed E-state index contributed by atoms with van der Waals surface area (Å²) in [5.74, 6) is 0.998. The van der Waals surface area contributed by atoms with Gasteiger partial charge in [0.2, 0.25) is 0 Å². The molecule has 0 aromatic heterocycles. The van der Waals surface area contributed by atoms with E-state index < -0.39 is 13.3 Å². The van der Waals surface area contributed by atoms with Crippen LogP contribution in [0.3, 0.4) is 0 Å². The SMILES string of the molecule is C[CH2][Ge]([CH2]Oc1ccc(C(C)(C)C)cc1Br)([CH](C)C)[CH](C)C. The molecule has 1 aromatic rings. The van der Waals surface area contributed by atoms with E-state index in [1.54, 1.807) is 0 Å². The molecule has 22 heavy (non-hydrogen) atoms. The van der Waals surface area contributed by atoms with Crippen LogP contribution in [0.15, 0.2) is 22.7 Å². The molecule has 0 aliphatic heterocycles. The maximum absolute atomic E-state index is 6.32. The Bertz CT molecular complexity index is 481. The summed E-state index contributed by atoms with van der Waals surface area (Å²) in [6, 6.07) is 6.54. The second-order valence-electron chi connectivity index (χ2n) is 8.08. The van der Waals surface area contributed by atoms with Crippen LogP contribution in [0.25, 0.3) is 0 Å². The molecule has 0 bridgehead atoms. The number of ether oxygens (including phenoxy) is 1. The molecule has 0 atom stereocenters. The minimum atomic E-state index is -2.00. The summed E-state index contributed by atoms with van der Waals surface area (Å²) in [5, 5.41) is 1.33. The van der Waals surface area contributed by atoms with Crippen LogP contribution < -0.4 is 4.74 Å². The van der Waals surface area contributed by atoms with Gasteiger partial charge in [-0.2, -0.15) is 0 Å². The summed E-state index contributed by atoms with van der Waals surface area (Å²) in [6.45, 7) is 18.7. The zero-order valence-corrected chi connectivity index (χ0v) is 19.3. The van der Waals surface area contributed by atoms with Gasteiger partial charge in [-0.05, 0) is 0 Å². The molecule has 0 fully saturated rings. The zero-order valence-electron chi connectivity index (χ0n) is 15.6. The third-order valence-electron chi connectivity index (χ3n) is 5.25. The van der Waals surface area contributed by atoms with Crippen LogP contribution in [-0.2, 0) is 5.41 Å². The van der Waals surface area contributed by atoms with Crippen LogP contribution in [0.5, 0.6) is 5.75 Å². The minimum absolute atomic E-state index is 0.169. The van der Waals surface area contributed by atoms with Crippen molar-refractivity contribution in [1.29, 1.82) is 0 Å². The summed E-state index contributed by atoms with van der Waals surface area (Å²) in [6.07, 6.45) is 0. The topological polar surface area (TPSA) is 9.23 Å². The van der Waals surface area contributed by atoms with Crippen molar-refractivity contribution in [2.45, 2.75) is 75.6 Å². The van der Waals surface area contributed by atoms with E-state index in [1.807, 2.05) is 0 Å². The number of rotatable bonds is 6. The predicted molar refractivity (Wildman–Crippen MR) is 105 cm³/mol. The Morgan fingerprint density at radius 1 is 1.09 bits per heavy atom. The molecule has 0 aliphatic carbocycles. The van der Waals surface area contributed by atoms with E-state index in [-0.39, 0.29) is 5.41 Å². The van der Waals surface area contributed by atoms with Gasteiger partial charge in [0, 0.05) is 0 Å². The molecule has 0 unspecified atom stereocenters. The van der Waals surface area contributed by atoms with Crippen LogP contribution in [0.4, 0.5) is 0 Å². The maximum atomic E-state index is 6.32.